The number of carbonyl (C=O) groups is 2. The van der Waals surface area contributed by atoms with Crippen LogP contribution in [0.3, 0.4) is 0 Å². The molecule has 0 aliphatic carbocycles. The van der Waals surface area contributed by atoms with Crippen molar-refractivity contribution in [3.05, 3.63) is 47.0 Å². The molecule has 136 valence electrons. The molecular weight excluding hydrogens is 372 g/mol. The first-order valence-electron chi connectivity index (χ1n) is 8.06. The average Bonchev–Trinajstić information content (AvgIpc) is 2.90. The maximum absolute atomic E-state index is 12.9. The summed E-state index contributed by atoms with van der Waals surface area (Å²) < 4.78 is 5.32. The Morgan fingerprint density at radius 1 is 1.27 bits per heavy atom. The Labute approximate surface area is 161 Å². The normalized spacial score (nSPS) is 16.9. The number of amides is 2. The second-order valence-electron chi connectivity index (χ2n) is 5.97. The summed E-state index contributed by atoms with van der Waals surface area (Å²) >= 11 is 7.74. The Balaban J connectivity index is 1.89. The predicted molar refractivity (Wildman–Crippen MR) is 105 cm³/mol. The minimum absolute atomic E-state index is 0.0904. The number of carbonyl (C=O) groups excluding carboxylic acids is 2. The van der Waals surface area contributed by atoms with Crippen LogP contribution in [0.15, 0.2) is 41.3 Å². The number of nitrogens with one attached hydrogen (secondary N) is 1. The fraction of sp³-hybridized carbons (Fsp3) is 0.263. The number of halogens is 1. The van der Waals surface area contributed by atoms with E-state index in [4.69, 9.17) is 16.3 Å². The van der Waals surface area contributed by atoms with Gasteiger partial charge in [-0.1, -0.05) is 17.7 Å². The zero-order valence-corrected chi connectivity index (χ0v) is 16.3. The SMILES string of the molecule is COc1cc(Cl)c(C)cc1N1C(=O)C[C@@H](Nc2cccc(SC)c2)C1=O. The molecule has 1 fully saturated rings. The number of nitrogens with zero attached hydrogens (tertiary/aromatic N) is 1. The molecular formula is C19H19ClN2O3S. The number of benzene rings is 2. The van der Waals surface area contributed by atoms with Gasteiger partial charge in [-0.3, -0.25) is 9.59 Å². The van der Waals surface area contributed by atoms with Gasteiger partial charge < -0.3 is 10.1 Å². The van der Waals surface area contributed by atoms with Gasteiger partial charge in [0.05, 0.1) is 19.2 Å². The monoisotopic (exact) mass is 390 g/mol. The van der Waals surface area contributed by atoms with Gasteiger partial charge in [0.1, 0.15) is 11.8 Å². The van der Waals surface area contributed by atoms with Crippen molar-refractivity contribution >= 4 is 46.6 Å². The molecule has 3 rings (SSSR count). The van der Waals surface area contributed by atoms with Crippen molar-refractivity contribution in [1.82, 2.24) is 0 Å². The average molecular weight is 391 g/mol. The Bertz CT molecular complexity index is 872. The van der Waals surface area contributed by atoms with E-state index in [9.17, 15) is 9.59 Å². The molecule has 2 aromatic rings. The molecule has 0 bridgehead atoms. The molecule has 1 heterocycles. The van der Waals surface area contributed by atoms with Gasteiger partial charge in [-0.25, -0.2) is 4.90 Å². The summed E-state index contributed by atoms with van der Waals surface area (Å²) in [4.78, 5) is 27.7. The minimum Gasteiger partial charge on any atom is -0.495 e. The van der Waals surface area contributed by atoms with Crippen LogP contribution in [-0.4, -0.2) is 31.2 Å². The van der Waals surface area contributed by atoms with Crippen LogP contribution in [0.2, 0.25) is 5.02 Å². The van der Waals surface area contributed by atoms with Crippen LogP contribution in [0.1, 0.15) is 12.0 Å². The second kappa shape index (κ2) is 7.60. The van der Waals surface area contributed by atoms with Gasteiger partial charge in [0.2, 0.25) is 5.91 Å². The highest BCUT2D eigenvalue weighted by molar-refractivity contribution is 7.98. The number of aryl methyl sites for hydroxylation is 1. The van der Waals surface area contributed by atoms with E-state index < -0.39 is 6.04 Å². The summed E-state index contributed by atoms with van der Waals surface area (Å²) in [5.41, 5.74) is 2.00. The van der Waals surface area contributed by atoms with Crippen molar-refractivity contribution in [2.24, 2.45) is 0 Å². The lowest BCUT2D eigenvalue weighted by atomic mass is 10.2. The van der Waals surface area contributed by atoms with E-state index in [1.54, 1.807) is 23.9 Å². The van der Waals surface area contributed by atoms with Crippen molar-refractivity contribution in [3.8, 4) is 5.75 Å². The summed E-state index contributed by atoms with van der Waals surface area (Å²) in [7, 11) is 1.49. The summed E-state index contributed by atoms with van der Waals surface area (Å²) in [5, 5.41) is 3.69. The van der Waals surface area contributed by atoms with E-state index in [1.807, 2.05) is 37.4 Å². The Morgan fingerprint density at radius 3 is 2.73 bits per heavy atom. The van der Waals surface area contributed by atoms with Gasteiger partial charge in [0, 0.05) is 21.7 Å². The standard InChI is InChI=1S/C19H19ClN2O3S/c1-11-7-16(17(25-2)9-14(11)20)22-18(23)10-15(19(22)24)21-12-5-4-6-13(8-12)26-3/h4-9,15,21H,10H2,1-3H3/t15-/m1/s1. The van der Waals surface area contributed by atoms with Crippen molar-refractivity contribution in [2.45, 2.75) is 24.3 Å². The molecule has 1 atom stereocenters. The van der Waals surface area contributed by atoms with Gasteiger partial charge in [-0.15, -0.1) is 11.8 Å². The summed E-state index contributed by atoms with van der Waals surface area (Å²) in [6.45, 7) is 1.82. The summed E-state index contributed by atoms with van der Waals surface area (Å²) in [6, 6.07) is 10.5. The number of hydrogen-bond donors (Lipinski definition) is 1. The third-order valence-corrected chi connectivity index (χ3v) is 5.39. The number of imide groups is 1. The van der Waals surface area contributed by atoms with E-state index in [2.05, 4.69) is 5.32 Å². The number of methoxy groups -OCH3 is 1. The Morgan fingerprint density at radius 2 is 2.04 bits per heavy atom. The number of ether oxygens (including phenoxy) is 1. The summed E-state index contributed by atoms with van der Waals surface area (Å²) in [5.74, 6) is -0.176. The van der Waals surface area contributed by atoms with Gasteiger partial charge in [-0.05, 0) is 43.0 Å². The fourth-order valence-electron chi connectivity index (χ4n) is 2.90. The van der Waals surface area contributed by atoms with E-state index >= 15 is 0 Å². The number of rotatable bonds is 5. The quantitative estimate of drug-likeness (QED) is 0.614. The molecule has 26 heavy (non-hydrogen) atoms. The molecule has 1 aliphatic rings. The second-order valence-corrected chi connectivity index (χ2v) is 7.26. The topological polar surface area (TPSA) is 58.6 Å². The highest BCUT2D eigenvalue weighted by Crippen LogP contribution is 2.36. The van der Waals surface area contributed by atoms with E-state index in [1.165, 1.54) is 12.0 Å². The first kappa shape index (κ1) is 18.6. The molecule has 0 unspecified atom stereocenters. The first-order chi connectivity index (χ1) is 12.4. The highest BCUT2D eigenvalue weighted by Gasteiger charge is 2.41. The van der Waals surface area contributed by atoms with Crippen LogP contribution in [0.5, 0.6) is 5.75 Å². The van der Waals surface area contributed by atoms with Gasteiger partial charge in [0.15, 0.2) is 0 Å². The van der Waals surface area contributed by atoms with Crippen LogP contribution in [-0.2, 0) is 9.59 Å². The third-order valence-electron chi connectivity index (χ3n) is 4.26. The van der Waals surface area contributed by atoms with Crippen LogP contribution in [0.4, 0.5) is 11.4 Å². The van der Waals surface area contributed by atoms with Crippen LogP contribution in [0.25, 0.3) is 0 Å². The lowest BCUT2D eigenvalue weighted by molar-refractivity contribution is -0.121. The van der Waals surface area contributed by atoms with Gasteiger partial charge in [-0.2, -0.15) is 0 Å². The van der Waals surface area contributed by atoms with E-state index in [0.29, 0.717) is 16.5 Å². The highest BCUT2D eigenvalue weighted by atomic mass is 35.5. The van der Waals surface area contributed by atoms with Crippen LogP contribution >= 0.6 is 23.4 Å². The molecule has 0 aromatic heterocycles. The molecule has 2 amide bonds. The molecule has 0 spiro atoms. The zero-order valence-electron chi connectivity index (χ0n) is 14.7. The smallest absolute Gasteiger partial charge is 0.256 e. The molecule has 0 saturated carbocycles. The van der Waals surface area contributed by atoms with Crippen molar-refractivity contribution in [1.29, 1.82) is 0 Å². The fourth-order valence-corrected chi connectivity index (χ4v) is 3.51. The van der Waals surface area contributed by atoms with Gasteiger partial charge >= 0.3 is 0 Å². The van der Waals surface area contributed by atoms with E-state index in [0.717, 1.165) is 16.1 Å². The number of anilines is 2. The summed E-state index contributed by atoms with van der Waals surface area (Å²) in [6.07, 6.45) is 2.08. The maximum Gasteiger partial charge on any atom is 0.256 e. The molecule has 1 N–H and O–H groups in total. The number of thioether (sulfide) groups is 1. The zero-order chi connectivity index (χ0) is 18.8. The largest absolute Gasteiger partial charge is 0.495 e. The molecule has 2 aromatic carbocycles. The molecule has 5 nitrogen and oxygen atoms in total. The molecule has 7 heteroatoms. The Kier molecular flexibility index (Phi) is 5.44. The molecule has 1 aliphatic heterocycles. The Hall–Kier alpha value is -2.18. The van der Waals surface area contributed by atoms with E-state index in [-0.39, 0.29) is 18.2 Å². The lowest BCUT2D eigenvalue weighted by Crippen LogP contribution is -2.35. The molecule has 1 saturated heterocycles. The number of hydrogen-bond acceptors (Lipinski definition) is 5. The van der Waals surface area contributed by atoms with Crippen LogP contribution < -0.4 is 15.0 Å². The predicted octanol–water partition coefficient (Wildman–Crippen LogP) is 4.12. The van der Waals surface area contributed by atoms with Crippen molar-refractivity contribution < 1.29 is 14.3 Å². The van der Waals surface area contributed by atoms with Gasteiger partial charge in [0.25, 0.3) is 5.91 Å². The molecule has 0 radical (unpaired) electrons. The first-order valence-corrected chi connectivity index (χ1v) is 9.66. The van der Waals surface area contributed by atoms with Crippen molar-refractivity contribution in [2.75, 3.05) is 23.6 Å². The lowest BCUT2D eigenvalue weighted by Gasteiger charge is -2.20. The third kappa shape index (κ3) is 3.52. The van der Waals surface area contributed by atoms with Crippen molar-refractivity contribution in [3.63, 3.8) is 0 Å². The van der Waals surface area contributed by atoms with Crippen LogP contribution in [0, 0.1) is 6.92 Å². The minimum atomic E-state index is -0.611. The maximum atomic E-state index is 12.9.